The minimum absolute atomic E-state index is 0. The molecule has 0 spiro atoms. The Kier molecular flexibility index (Phi) is 8.28. The van der Waals surface area contributed by atoms with Crippen molar-refractivity contribution in [3.05, 3.63) is 71.6 Å². The van der Waals surface area contributed by atoms with Gasteiger partial charge >= 0.3 is 63.3 Å². The Labute approximate surface area is 232 Å². The van der Waals surface area contributed by atoms with Crippen molar-refractivity contribution in [1.82, 2.24) is 9.97 Å². The molecule has 0 atom stereocenters. The molecule has 9 heteroatoms. The van der Waals surface area contributed by atoms with Crippen LogP contribution in [0.25, 0.3) is 28.4 Å². The van der Waals surface area contributed by atoms with Crippen molar-refractivity contribution in [3.8, 4) is 23.1 Å². The molecule has 0 fully saturated rings. The number of aromatic hydroxyl groups is 1. The normalized spacial score (nSPS) is 11.2. The van der Waals surface area contributed by atoms with E-state index in [4.69, 9.17) is 13.9 Å². The quantitative estimate of drug-likeness (QED) is 0.106. The average Bonchev–Trinajstić information content (AvgIpc) is 3.41. The molecule has 0 aliphatic heterocycles. The number of methoxy groups -OCH3 is 1. The van der Waals surface area contributed by atoms with Gasteiger partial charge in [0.2, 0.25) is 5.89 Å². The molecule has 33 heavy (non-hydrogen) atoms. The molecular formula is C24H19KN2O6. The van der Waals surface area contributed by atoms with Crippen LogP contribution in [-0.2, 0) is 9.53 Å². The van der Waals surface area contributed by atoms with E-state index < -0.39 is 17.7 Å². The summed E-state index contributed by atoms with van der Waals surface area (Å²) in [5, 5.41) is 10.9. The molecule has 1 N–H and O–H groups in total. The van der Waals surface area contributed by atoms with E-state index >= 15 is 0 Å². The number of hydrogen-bond donors (Lipinski definition) is 1. The van der Waals surface area contributed by atoms with Crippen LogP contribution in [0.4, 0.5) is 0 Å². The van der Waals surface area contributed by atoms with Crippen LogP contribution in [-0.4, -0.2) is 35.6 Å². The molecule has 0 aliphatic rings. The molecule has 162 valence electrons. The summed E-state index contributed by atoms with van der Waals surface area (Å²) in [6.45, 7) is 1.69. The predicted octanol–water partition coefficient (Wildman–Crippen LogP) is 1.000. The van der Waals surface area contributed by atoms with Gasteiger partial charge in [-0.05, 0) is 31.2 Å². The fourth-order valence-electron chi connectivity index (χ4n) is 3.19. The number of oxazole rings is 1. The van der Waals surface area contributed by atoms with Gasteiger partial charge in [0.15, 0.2) is 5.78 Å². The number of carbonyl (C=O) groups is 2. The van der Waals surface area contributed by atoms with Crippen LogP contribution >= 0.6 is 0 Å². The average molecular weight is 471 g/mol. The first-order chi connectivity index (χ1) is 15.5. The number of rotatable bonds is 7. The van der Waals surface area contributed by atoms with E-state index in [2.05, 4.69) is 9.97 Å². The van der Waals surface area contributed by atoms with Crippen molar-refractivity contribution in [1.29, 1.82) is 0 Å². The maximum atomic E-state index is 13.2. The molecule has 8 nitrogen and oxygen atoms in total. The summed E-state index contributed by atoms with van der Waals surface area (Å²) in [5.74, 6) is -1.37. The summed E-state index contributed by atoms with van der Waals surface area (Å²) in [6.07, 6.45) is 1.14. The maximum Gasteiger partial charge on any atom is 1.00 e. The van der Waals surface area contributed by atoms with Gasteiger partial charge in [0.05, 0.1) is 13.7 Å². The number of hydrogen-bond acceptors (Lipinski definition) is 7. The predicted molar refractivity (Wildman–Crippen MR) is 116 cm³/mol. The van der Waals surface area contributed by atoms with Gasteiger partial charge in [0.25, 0.3) is 0 Å². The minimum atomic E-state index is -0.861. The second-order valence-electron chi connectivity index (χ2n) is 6.72. The van der Waals surface area contributed by atoms with Crippen molar-refractivity contribution in [2.24, 2.45) is 0 Å². The molecule has 0 unspecified atom stereocenters. The molecule has 2 aromatic carbocycles. The smallest absolute Gasteiger partial charge is 0.654 e. The van der Waals surface area contributed by atoms with Crippen molar-refractivity contribution in [2.45, 2.75) is 6.92 Å². The summed E-state index contributed by atoms with van der Waals surface area (Å²) < 4.78 is 15.7. The Morgan fingerprint density at radius 3 is 2.61 bits per heavy atom. The Balaban J connectivity index is 0.00000306. The maximum absolute atomic E-state index is 13.2. The second-order valence-corrected chi connectivity index (χ2v) is 6.72. The number of esters is 1. The van der Waals surface area contributed by atoms with Crippen molar-refractivity contribution in [3.63, 3.8) is 0 Å². The van der Waals surface area contributed by atoms with Crippen LogP contribution in [0.2, 0.25) is 0 Å². The monoisotopic (exact) mass is 470 g/mol. The number of Topliss-reactive ketones (excluding diaryl/α,β-unsaturated/α-hetero) is 1. The van der Waals surface area contributed by atoms with Crippen LogP contribution in [0.15, 0.2) is 64.6 Å². The largest absolute Gasteiger partial charge is 1.00 e. The molecule has 0 aliphatic carbocycles. The van der Waals surface area contributed by atoms with E-state index in [9.17, 15) is 14.7 Å². The van der Waals surface area contributed by atoms with Gasteiger partial charge in [0, 0.05) is 10.9 Å². The zero-order chi connectivity index (χ0) is 22.7. The third-order valence-corrected chi connectivity index (χ3v) is 4.69. The number of nitrogens with zero attached hydrogens (tertiary/aromatic N) is 2. The summed E-state index contributed by atoms with van der Waals surface area (Å²) >= 11 is 0. The zero-order valence-corrected chi connectivity index (χ0v) is 21.5. The van der Waals surface area contributed by atoms with Gasteiger partial charge in [-0.15, -0.1) is 5.52 Å². The molecule has 0 saturated carbocycles. The summed E-state index contributed by atoms with van der Waals surface area (Å²) in [4.78, 5) is 34.3. The van der Waals surface area contributed by atoms with Crippen LogP contribution < -0.4 is 61.1 Å². The first-order valence-electron chi connectivity index (χ1n) is 9.81. The van der Waals surface area contributed by atoms with E-state index in [1.54, 1.807) is 55.5 Å². The Bertz CT molecular complexity index is 1320. The zero-order valence-electron chi connectivity index (χ0n) is 18.4. The van der Waals surface area contributed by atoms with Gasteiger partial charge in [-0.3, -0.25) is 4.79 Å². The molecule has 2 heterocycles. The molecule has 0 bridgehead atoms. The van der Waals surface area contributed by atoms with E-state index in [1.165, 1.54) is 7.11 Å². The Morgan fingerprint density at radius 2 is 1.91 bits per heavy atom. The van der Waals surface area contributed by atoms with Crippen LogP contribution in [0.5, 0.6) is 11.7 Å². The van der Waals surface area contributed by atoms with Crippen molar-refractivity contribution >= 4 is 28.7 Å². The SMILES string of the molecule is CCOC(=O)/C(=C\c1nc(-c2ccccc2)oc1O)C(=O)c1cc2c(OC)cccc2[n-]1.[K+]. The van der Waals surface area contributed by atoms with Gasteiger partial charge in [0.1, 0.15) is 17.0 Å². The number of ether oxygens (including phenoxy) is 2. The van der Waals surface area contributed by atoms with E-state index in [0.29, 0.717) is 22.2 Å². The number of aromatic nitrogens is 2. The molecule has 4 rings (SSSR count). The number of fused-ring (bicyclic) bond motifs is 1. The van der Waals surface area contributed by atoms with Crippen LogP contribution in [0, 0.1) is 0 Å². The molecular weight excluding hydrogens is 451 g/mol. The second kappa shape index (κ2) is 11.0. The van der Waals surface area contributed by atoms with Gasteiger partial charge in [-0.2, -0.15) is 0 Å². The Morgan fingerprint density at radius 1 is 1.15 bits per heavy atom. The van der Waals surface area contributed by atoms with Gasteiger partial charge in [-0.1, -0.05) is 42.1 Å². The third-order valence-electron chi connectivity index (χ3n) is 4.69. The molecule has 0 saturated heterocycles. The molecule has 2 aromatic heterocycles. The minimum Gasteiger partial charge on any atom is -0.654 e. The first-order valence-corrected chi connectivity index (χ1v) is 9.81. The summed E-state index contributed by atoms with van der Waals surface area (Å²) in [6, 6.07) is 15.7. The van der Waals surface area contributed by atoms with Crippen molar-refractivity contribution in [2.75, 3.05) is 13.7 Å². The van der Waals surface area contributed by atoms with Crippen molar-refractivity contribution < 1.29 is 80.0 Å². The molecule has 0 amide bonds. The molecule has 0 radical (unpaired) electrons. The fraction of sp³-hybridized carbons (Fsp3) is 0.125. The van der Waals surface area contributed by atoms with Crippen LogP contribution in [0.3, 0.4) is 0 Å². The first kappa shape index (κ1) is 24.9. The third kappa shape index (κ3) is 5.28. The van der Waals surface area contributed by atoms with E-state index in [1.807, 2.05) is 6.07 Å². The van der Waals surface area contributed by atoms with E-state index in [-0.39, 0.29) is 80.8 Å². The number of carbonyl (C=O) groups excluding carboxylic acids is 2. The summed E-state index contributed by atoms with van der Waals surface area (Å²) in [7, 11) is 1.52. The standard InChI is InChI=1S/C24H20N2O6.K/c1-3-31-23(28)16(13-19-24(29)32-22(26-19)14-8-5-4-6-9-14)21(27)18-12-15-17(25-18)10-7-11-20(15)30-2;/h4-13H,3H2,1-2H3,(H2,25,27,28,29);/q;+1/p-1. The van der Waals surface area contributed by atoms with E-state index in [0.717, 1.165) is 6.08 Å². The molecule has 4 aromatic rings. The van der Waals surface area contributed by atoms with Gasteiger partial charge in [-0.25, -0.2) is 9.78 Å². The van der Waals surface area contributed by atoms with Crippen LogP contribution in [0.1, 0.15) is 23.1 Å². The number of benzene rings is 2. The number of ketones is 1. The van der Waals surface area contributed by atoms with Gasteiger partial charge < -0.3 is 24.0 Å². The fourth-order valence-corrected chi connectivity index (χ4v) is 3.19. The summed E-state index contributed by atoms with van der Waals surface area (Å²) in [5.41, 5.74) is 0.801. The Hall–Kier alpha value is -2.69. The topological polar surface area (TPSA) is 113 Å².